The van der Waals surface area contributed by atoms with Gasteiger partial charge in [-0.1, -0.05) is 46.4 Å². The Morgan fingerprint density at radius 3 is 1.85 bits per heavy atom. The summed E-state index contributed by atoms with van der Waals surface area (Å²) in [5, 5.41) is 15.0. The molecular formula is C16H17Cl4N5O2. The van der Waals surface area contributed by atoms with Crippen LogP contribution >= 0.6 is 46.4 Å². The van der Waals surface area contributed by atoms with Gasteiger partial charge in [-0.25, -0.2) is 0 Å². The first-order chi connectivity index (χ1) is 12.7. The molecule has 1 heterocycles. The molecule has 0 spiro atoms. The van der Waals surface area contributed by atoms with Crippen molar-refractivity contribution in [2.45, 2.75) is 0 Å². The molecule has 0 amide bonds. The second-order valence-electron chi connectivity index (χ2n) is 5.65. The maximum atomic E-state index is 10.3. The van der Waals surface area contributed by atoms with Crippen LogP contribution in [-0.2, 0) is 0 Å². The van der Waals surface area contributed by atoms with Crippen LogP contribution in [0.2, 0.25) is 20.1 Å². The van der Waals surface area contributed by atoms with Crippen molar-refractivity contribution in [1.82, 2.24) is 5.32 Å². The summed E-state index contributed by atoms with van der Waals surface area (Å²) in [6.45, 7) is 3.75. The fraction of sp³-hybridized carbons (Fsp3) is 0.250. The van der Waals surface area contributed by atoms with E-state index in [1.807, 2.05) is 0 Å². The predicted octanol–water partition coefficient (Wildman–Crippen LogP) is 4.47. The molecule has 0 unspecified atom stereocenters. The van der Waals surface area contributed by atoms with E-state index in [1.165, 1.54) is 0 Å². The van der Waals surface area contributed by atoms with Crippen molar-refractivity contribution in [2.24, 2.45) is 0 Å². The van der Waals surface area contributed by atoms with E-state index in [9.17, 15) is 10.1 Å². The zero-order valence-electron chi connectivity index (χ0n) is 14.0. The summed E-state index contributed by atoms with van der Waals surface area (Å²) >= 11 is 23.4. The molecule has 5 N–H and O–H groups in total. The van der Waals surface area contributed by atoms with Gasteiger partial charge in [-0.2, -0.15) is 0 Å². The average Bonchev–Trinajstić information content (AvgIpc) is 2.60. The minimum atomic E-state index is -0.586. The maximum Gasteiger partial charge on any atom is 0.272 e. The Morgan fingerprint density at radius 1 is 0.926 bits per heavy atom. The van der Waals surface area contributed by atoms with Crippen molar-refractivity contribution >= 4 is 69.2 Å². The lowest BCUT2D eigenvalue weighted by Gasteiger charge is -2.31. The Bertz CT molecular complexity index is 798. The quantitative estimate of drug-likeness (QED) is 0.352. The fourth-order valence-electron chi connectivity index (χ4n) is 2.45. The van der Waals surface area contributed by atoms with Crippen molar-refractivity contribution in [1.29, 1.82) is 0 Å². The predicted molar refractivity (Wildman–Crippen MR) is 113 cm³/mol. The Hall–Kier alpha value is -1.64. The average molecular weight is 453 g/mol. The van der Waals surface area contributed by atoms with E-state index in [4.69, 9.17) is 57.9 Å². The highest BCUT2D eigenvalue weighted by Crippen LogP contribution is 2.36. The SMILES string of the molecule is Nc1c(Cl)cc([N+](=O)[O-])cc1Cl.Nc1cc(Cl)c(N2CCNCC2)c(Cl)c1. The van der Waals surface area contributed by atoms with Gasteiger partial charge >= 0.3 is 0 Å². The van der Waals surface area contributed by atoms with Crippen LogP contribution in [0.25, 0.3) is 0 Å². The van der Waals surface area contributed by atoms with E-state index < -0.39 is 4.92 Å². The molecule has 1 saturated heterocycles. The first-order valence-corrected chi connectivity index (χ1v) is 9.31. The lowest BCUT2D eigenvalue weighted by Crippen LogP contribution is -2.43. The molecule has 2 aromatic rings. The largest absolute Gasteiger partial charge is 0.399 e. The number of halogens is 4. The van der Waals surface area contributed by atoms with Crippen LogP contribution in [-0.4, -0.2) is 31.1 Å². The van der Waals surface area contributed by atoms with Gasteiger partial charge in [0.25, 0.3) is 5.69 Å². The number of anilines is 3. The molecule has 2 aromatic carbocycles. The number of rotatable bonds is 2. The summed E-state index contributed by atoms with van der Waals surface area (Å²) in [6, 6.07) is 5.79. The second-order valence-corrected chi connectivity index (χ2v) is 7.28. The smallest absolute Gasteiger partial charge is 0.272 e. The highest BCUT2D eigenvalue weighted by molar-refractivity contribution is 6.40. The summed E-state index contributed by atoms with van der Waals surface area (Å²) in [6.07, 6.45) is 0. The number of nitrogen functional groups attached to an aromatic ring is 2. The van der Waals surface area contributed by atoms with Gasteiger partial charge in [-0.3, -0.25) is 10.1 Å². The van der Waals surface area contributed by atoms with Crippen molar-refractivity contribution in [3.63, 3.8) is 0 Å². The minimum Gasteiger partial charge on any atom is -0.399 e. The normalized spacial score (nSPS) is 13.7. The summed E-state index contributed by atoms with van der Waals surface area (Å²) in [5.74, 6) is 0. The molecule has 0 aliphatic carbocycles. The van der Waals surface area contributed by atoms with Crippen LogP contribution in [0.1, 0.15) is 0 Å². The lowest BCUT2D eigenvalue weighted by molar-refractivity contribution is -0.384. The van der Waals surface area contributed by atoms with Crippen LogP contribution in [0.4, 0.5) is 22.7 Å². The molecule has 1 aliphatic rings. The molecule has 0 saturated carbocycles. The zero-order chi connectivity index (χ0) is 20.1. The maximum absolute atomic E-state index is 10.3. The third-order valence-corrected chi connectivity index (χ3v) is 4.95. The number of non-ortho nitro benzene ring substituents is 1. The third kappa shape index (κ3) is 5.67. The van der Waals surface area contributed by atoms with Crippen LogP contribution in [0, 0.1) is 10.1 Å². The van der Waals surface area contributed by atoms with E-state index in [0.29, 0.717) is 15.7 Å². The number of nitrogens with one attached hydrogen (secondary N) is 1. The Morgan fingerprint density at radius 2 is 1.41 bits per heavy atom. The van der Waals surface area contributed by atoms with Crippen LogP contribution in [0.5, 0.6) is 0 Å². The summed E-state index contributed by atoms with van der Waals surface area (Å²) in [4.78, 5) is 11.9. The van der Waals surface area contributed by atoms with Crippen LogP contribution < -0.4 is 21.7 Å². The van der Waals surface area contributed by atoms with E-state index in [2.05, 4.69) is 10.2 Å². The molecule has 7 nitrogen and oxygen atoms in total. The van der Waals surface area contributed by atoms with Crippen molar-refractivity contribution in [2.75, 3.05) is 42.5 Å². The number of piperazine rings is 1. The highest BCUT2D eigenvalue weighted by Gasteiger charge is 2.17. The number of benzene rings is 2. The van der Waals surface area contributed by atoms with Crippen LogP contribution in [0.15, 0.2) is 24.3 Å². The number of nitrogens with zero attached hydrogens (tertiary/aromatic N) is 2. The van der Waals surface area contributed by atoms with Crippen molar-refractivity contribution in [3.05, 3.63) is 54.5 Å². The zero-order valence-corrected chi connectivity index (χ0v) is 17.0. The minimum absolute atomic E-state index is 0.0919. The molecule has 0 bridgehead atoms. The number of nitro groups is 1. The van der Waals surface area contributed by atoms with E-state index in [-0.39, 0.29) is 21.4 Å². The molecule has 27 heavy (non-hydrogen) atoms. The molecule has 0 aromatic heterocycles. The Balaban J connectivity index is 0.000000199. The van der Waals surface area contributed by atoms with E-state index >= 15 is 0 Å². The molecule has 3 rings (SSSR count). The highest BCUT2D eigenvalue weighted by atomic mass is 35.5. The Kier molecular flexibility index (Phi) is 7.64. The first kappa shape index (κ1) is 21.7. The van der Waals surface area contributed by atoms with Gasteiger partial charge in [-0.15, -0.1) is 0 Å². The molecule has 146 valence electrons. The van der Waals surface area contributed by atoms with Gasteiger partial charge < -0.3 is 21.7 Å². The molecule has 1 fully saturated rings. The van der Waals surface area contributed by atoms with Crippen molar-refractivity contribution < 1.29 is 4.92 Å². The van der Waals surface area contributed by atoms with E-state index in [0.717, 1.165) is 44.0 Å². The summed E-state index contributed by atoms with van der Waals surface area (Å²) < 4.78 is 0. The van der Waals surface area contributed by atoms with Gasteiger partial charge in [0.15, 0.2) is 0 Å². The molecule has 1 aliphatic heterocycles. The first-order valence-electron chi connectivity index (χ1n) is 7.79. The molecule has 11 heteroatoms. The van der Waals surface area contributed by atoms with Gasteiger partial charge in [0.05, 0.1) is 36.4 Å². The van der Waals surface area contributed by atoms with Gasteiger partial charge in [0.2, 0.25) is 0 Å². The number of nitro benzene ring substituents is 1. The van der Waals surface area contributed by atoms with Crippen LogP contribution in [0.3, 0.4) is 0 Å². The van der Waals surface area contributed by atoms with E-state index in [1.54, 1.807) is 12.1 Å². The summed E-state index contributed by atoms with van der Waals surface area (Å²) in [5.41, 5.74) is 12.5. The van der Waals surface area contributed by atoms with Crippen molar-refractivity contribution in [3.8, 4) is 0 Å². The molecule has 0 atom stereocenters. The number of hydrogen-bond acceptors (Lipinski definition) is 6. The van der Waals surface area contributed by atoms with Gasteiger partial charge in [0.1, 0.15) is 0 Å². The summed E-state index contributed by atoms with van der Waals surface area (Å²) in [7, 11) is 0. The number of hydrogen-bond donors (Lipinski definition) is 3. The molecule has 0 radical (unpaired) electrons. The topological polar surface area (TPSA) is 110 Å². The number of nitrogens with two attached hydrogens (primary N) is 2. The monoisotopic (exact) mass is 451 g/mol. The molecular weight excluding hydrogens is 436 g/mol. The lowest BCUT2D eigenvalue weighted by atomic mass is 10.2. The second kappa shape index (κ2) is 9.52. The Labute approximate surface area is 176 Å². The fourth-order valence-corrected chi connectivity index (χ4v) is 3.67. The third-order valence-electron chi connectivity index (χ3n) is 3.75. The van der Waals surface area contributed by atoms with Gasteiger partial charge in [0, 0.05) is 44.0 Å². The standard InChI is InChI=1S/C10H13Cl2N3.C6H4Cl2N2O2/c11-8-5-7(13)6-9(12)10(8)15-3-1-14-2-4-15;7-4-1-3(10(11)12)2-5(8)6(4)9/h5-6,14H,1-4,13H2;1-2H,9H2. The van der Waals surface area contributed by atoms with Gasteiger partial charge in [-0.05, 0) is 12.1 Å².